The van der Waals surface area contributed by atoms with Gasteiger partial charge in [0.15, 0.2) is 0 Å². The molecule has 118 valence electrons. The van der Waals surface area contributed by atoms with E-state index in [1.807, 2.05) is 19.1 Å². The minimum Gasteiger partial charge on any atom is -0.494 e. The molecule has 1 saturated carbocycles. The second-order valence-electron chi connectivity index (χ2n) is 6.36. The Morgan fingerprint density at radius 2 is 1.82 bits per heavy atom. The quantitative estimate of drug-likeness (QED) is 0.695. The number of ether oxygens (including phenoxy) is 1. The van der Waals surface area contributed by atoms with Crippen LogP contribution in [0.15, 0.2) is 24.3 Å². The second-order valence-corrected chi connectivity index (χ2v) is 6.36. The summed E-state index contributed by atoms with van der Waals surface area (Å²) in [6.45, 7) is 4.55. The van der Waals surface area contributed by atoms with Crippen molar-refractivity contribution in [1.29, 1.82) is 0 Å². The third-order valence-corrected chi connectivity index (χ3v) is 4.78. The van der Waals surface area contributed by atoms with Gasteiger partial charge in [0.1, 0.15) is 17.4 Å². The van der Waals surface area contributed by atoms with E-state index >= 15 is 0 Å². The Morgan fingerprint density at radius 3 is 2.50 bits per heavy atom. The van der Waals surface area contributed by atoms with E-state index in [0.29, 0.717) is 29.2 Å². The molecule has 3 rings (SSSR count). The molecule has 0 saturated heterocycles. The van der Waals surface area contributed by atoms with Crippen LogP contribution in [-0.2, 0) is 0 Å². The van der Waals surface area contributed by atoms with Gasteiger partial charge in [-0.25, -0.2) is 8.78 Å². The lowest BCUT2D eigenvalue weighted by Crippen LogP contribution is -2.12. The van der Waals surface area contributed by atoms with Gasteiger partial charge in [0.2, 0.25) is 0 Å². The van der Waals surface area contributed by atoms with Crippen molar-refractivity contribution in [1.82, 2.24) is 0 Å². The number of halogens is 2. The van der Waals surface area contributed by atoms with Crippen molar-refractivity contribution in [3.05, 3.63) is 41.5 Å². The monoisotopic (exact) mass is 304 g/mol. The van der Waals surface area contributed by atoms with Crippen LogP contribution in [0.1, 0.15) is 51.0 Å². The first kappa shape index (κ1) is 15.3. The third-order valence-electron chi connectivity index (χ3n) is 4.78. The van der Waals surface area contributed by atoms with Crippen LogP contribution in [0.2, 0.25) is 0 Å². The molecule has 0 aliphatic heterocycles. The fourth-order valence-corrected chi connectivity index (χ4v) is 3.50. The summed E-state index contributed by atoms with van der Waals surface area (Å²) in [6, 6.07) is 6.63. The van der Waals surface area contributed by atoms with Gasteiger partial charge >= 0.3 is 0 Å². The van der Waals surface area contributed by atoms with Crippen LogP contribution in [-0.4, -0.2) is 6.61 Å². The summed E-state index contributed by atoms with van der Waals surface area (Å²) in [5.74, 6) is 0.449. The van der Waals surface area contributed by atoms with Gasteiger partial charge in [-0.15, -0.1) is 0 Å². The Kier molecular flexibility index (Phi) is 4.32. The predicted molar refractivity (Wildman–Crippen MR) is 85.4 cm³/mol. The van der Waals surface area contributed by atoms with Gasteiger partial charge in [0, 0.05) is 6.07 Å². The first-order valence-corrected chi connectivity index (χ1v) is 8.14. The molecule has 0 amide bonds. The van der Waals surface area contributed by atoms with Gasteiger partial charge in [-0.2, -0.15) is 0 Å². The summed E-state index contributed by atoms with van der Waals surface area (Å²) in [6.07, 6.45) is 4.21. The third kappa shape index (κ3) is 2.81. The van der Waals surface area contributed by atoms with Gasteiger partial charge in [-0.05, 0) is 48.6 Å². The molecule has 1 aliphatic rings. The summed E-state index contributed by atoms with van der Waals surface area (Å²) < 4.78 is 34.5. The van der Waals surface area contributed by atoms with E-state index in [1.54, 1.807) is 6.07 Å². The number of hydrogen-bond acceptors (Lipinski definition) is 1. The molecule has 0 unspecified atom stereocenters. The molecule has 1 nitrogen and oxygen atoms in total. The smallest absolute Gasteiger partial charge is 0.137 e. The summed E-state index contributed by atoms with van der Waals surface area (Å²) in [4.78, 5) is 0. The topological polar surface area (TPSA) is 9.23 Å². The average Bonchev–Trinajstić information content (AvgIpc) is 2.49. The van der Waals surface area contributed by atoms with Crippen LogP contribution in [0.25, 0.3) is 10.8 Å². The van der Waals surface area contributed by atoms with Gasteiger partial charge in [0.05, 0.1) is 12.0 Å². The minimum absolute atomic E-state index is 0.0968. The maximum Gasteiger partial charge on any atom is 0.137 e. The molecule has 0 aromatic heterocycles. The Labute approximate surface area is 130 Å². The standard InChI is InChI=1S/C19H22F2O/c1-3-22-15-10-14-8-9-16(13-6-4-12(2)5-7-13)19(21)18(14)17(20)11-15/h8-13H,3-7H2,1-2H3. The number of hydrogen-bond donors (Lipinski definition) is 0. The molecule has 2 aromatic carbocycles. The molecule has 0 N–H and O–H groups in total. The summed E-state index contributed by atoms with van der Waals surface area (Å²) in [5, 5.41) is 0.661. The highest BCUT2D eigenvalue weighted by Crippen LogP contribution is 2.39. The Morgan fingerprint density at radius 1 is 1.09 bits per heavy atom. The largest absolute Gasteiger partial charge is 0.494 e. The highest BCUT2D eigenvalue weighted by atomic mass is 19.1. The fraction of sp³-hybridized carbons (Fsp3) is 0.474. The van der Waals surface area contributed by atoms with Crippen LogP contribution >= 0.6 is 0 Å². The SMILES string of the molecule is CCOc1cc(F)c2c(F)c(C3CCC(C)CC3)ccc2c1. The van der Waals surface area contributed by atoms with Crippen molar-refractivity contribution in [2.75, 3.05) is 6.61 Å². The van der Waals surface area contributed by atoms with E-state index < -0.39 is 11.6 Å². The molecule has 2 aromatic rings. The molecule has 0 bridgehead atoms. The molecule has 0 heterocycles. The maximum absolute atomic E-state index is 14.8. The van der Waals surface area contributed by atoms with Crippen molar-refractivity contribution in [2.24, 2.45) is 5.92 Å². The van der Waals surface area contributed by atoms with Crippen molar-refractivity contribution in [3.8, 4) is 5.75 Å². The number of fused-ring (bicyclic) bond motifs is 1. The van der Waals surface area contributed by atoms with Gasteiger partial charge < -0.3 is 4.74 Å². The molecule has 0 atom stereocenters. The lowest BCUT2D eigenvalue weighted by atomic mass is 9.79. The first-order valence-electron chi connectivity index (χ1n) is 8.14. The van der Waals surface area contributed by atoms with Crippen LogP contribution in [0.4, 0.5) is 8.78 Å². The van der Waals surface area contributed by atoms with E-state index in [9.17, 15) is 8.78 Å². The van der Waals surface area contributed by atoms with Gasteiger partial charge in [-0.1, -0.05) is 31.9 Å². The van der Waals surface area contributed by atoms with Crippen LogP contribution in [0.5, 0.6) is 5.75 Å². The van der Waals surface area contributed by atoms with Gasteiger partial charge in [0.25, 0.3) is 0 Å². The number of rotatable bonds is 3. The average molecular weight is 304 g/mol. The molecule has 0 spiro atoms. The van der Waals surface area contributed by atoms with E-state index in [4.69, 9.17) is 4.74 Å². The summed E-state index contributed by atoms with van der Waals surface area (Å²) in [5.41, 5.74) is 0.669. The maximum atomic E-state index is 14.8. The van der Waals surface area contributed by atoms with Crippen LogP contribution in [0.3, 0.4) is 0 Å². The van der Waals surface area contributed by atoms with Crippen molar-refractivity contribution in [3.63, 3.8) is 0 Å². The molecule has 1 fully saturated rings. The van der Waals surface area contributed by atoms with Gasteiger partial charge in [-0.3, -0.25) is 0 Å². The predicted octanol–water partition coefficient (Wildman–Crippen LogP) is 5.81. The van der Waals surface area contributed by atoms with Crippen molar-refractivity contribution < 1.29 is 13.5 Å². The Hall–Kier alpha value is -1.64. The highest BCUT2D eigenvalue weighted by molar-refractivity contribution is 5.86. The number of benzene rings is 2. The zero-order valence-corrected chi connectivity index (χ0v) is 13.2. The van der Waals surface area contributed by atoms with E-state index in [-0.39, 0.29) is 11.3 Å². The molecular formula is C19H22F2O. The molecule has 0 radical (unpaired) electrons. The highest BCUT2D eigenvalue weighted by Gasteiger charge is 2.24. The first-order chi connectivity index (χ1) is 10.6. The molecule has 22 heavy (non-hydrogen) atoms. The fourth-order valence-electron chi connectivity index (χ4n) is 3.50. The molecule has 3 heteroatoms. The van der Waals surface area contributed by atoms with Crippen molar-refractivity contribution >= 4 is 10.8 Å². The second kappa shape index (κ2) is 6.23. The lowest BCUT2D eigenvalue weighted by Gasteiger charge is -2.27. The summed E-state index contributed by atoms with van der Waals surface area (Å²) in [7, 11) is 0. The normalized spacial score (nSPS) is 22.0. The van der Waals surface area contributed by atoms with E-state index in [2.05, 4.69) is 6.92 Å². The zero-order chi connectivity index (χ0) is 15.7. The Balaban J connectivity index is 2.02. The molecular weight excluding hydrogens is 282 g/mol. The minimum atomic E-state index is -0.538. The Bertz CT molecular complexity index is 673. The van der Waals surface area contributed by atoms with E-state index in [0.717, 1.165) is 25.7 Å². The van der Waals surface area contributed by atoms with Crippen molar-refractivity contribution in [2.45, 2.75) is 45.4 Å². The van der Waals surface area contributed by atoms with Crippen LogP contribution < -0.4 is 4.74 Å². The lowest BCUT2D eigenvalue weighted by molar-refractivity contribution is 0.338. The van der Waals surface area contributed by atoms with Crippen LogP contribution in [0, 0.1) is 17.6 Å². The summed E-state index contributed by atoms with van der Waals surface area (Å²) >= 11 is 0. The molecule has 1 aliphatic carbocycles. The van der Waals surface area contributed by atoms with E-state index in [1.165, 1.54) is 6.07 Å². The zero-order valence-electron chi connectivity index (χ0n) is 13.2.